The van der Waals surface area contributed by atoms with Crippen molar-refractivity contribution < 1.29 is 27.4 Å². The van der Waals surface area contributed by atoms with E-state index >= 15 is 0 Å². The van der Waals surface area contributed by atoms with E-state index in [0.29, 0.717) is 23.7 Å². The normalized spacial score (nSPS) is 15.8. The molecule has 4 rings (SSSR count). The van der Waals surface area contributed by atoms with E-state index in [2.05, 4.69) is 10.3 Å². The molecule has 3 aromatic rings. The van der Waals surface area contributed by atoms with E-state index in [4.69, 9.17) is 9.47 Å². The number of halogens is 3. The molecule has 9 heteroatoms. The highest BCUT2D eigenvalue weighted by molar-refractivity contribution is 7.13. The molecule has 1 N–H and O–H groups in total. The van der Waals surface area contributed by atoms with Gasteiger partial charge in [0.15, 0.2) is 11.6 Å². The van der Waals surface area contributed by atoms with Gasteiger partial charge in [0, 0.05) is 30.2 Å². The Morgan fingerprint density at radius 3 is 2.77 bits per heavy atom. The fourth-order valence-corrected chi connectivity index (χ4v) is 3.99. The fraction of sp³-hybridized carbons (Fsp3) is 0.273. The summed E-state index contributed by atoms with van der Waals surface area (Å²) in [5, 5.41) is 4.73. The van der Waals surface area contributed by atoms with Gasteiger partial charge in [0.05, 0.1) is 6.10 Å². The van der Waals surface area contributed by atoms with Crippen LogP contribution in [0.3, 0.4) is 0 Å². The summed E-state index contributed by atoms with van der Waals surface area (Å²) in [6.07, 6.45) is 1.93. The first-order valence-corrected chi connectivity index (χ1v) is 10.6. The molecule has 2 aromatic carbocycles. The number of benzene rings is 2. The summed E-state index contributed by atoms with van der Waals surface area (Å²) in [6, 6.07) is 7.67. The Balaban J connectivity index is 1.38. The second kappa shape index (κ2) is 9.49. The number of ether oxygens (including phenoxy) is 2. The molecule has 1 saturated heterocycles. The predicted octanol–water partition coefficient (Wildman–Crippen LogP) is 4.72. The van der Waals surface area contributed by atoms with Crippen molar-refractivity contribution in [3.63, 3.8) is 0 Å². The van der Waals surface area contributed by atoms with Crippen molar-refractivity contribution in [3.8, 4) is 16.3 Å². The number of hydrogen-bond donors (Lipinski definition) is 1. The Morgan fingerprint density at radius 2 is 2.03 bits per heavy atom. The Morgan fingerprint density at radius 1 is 1.16 bits per heavy atom. The van der Waals surface area contributed by atoms with Crippen molar-refractivity contribution in [1.29, 1.82) is 0 Å². The van der Waals surface area contributed by atoms with Crippen LogP contribution in [0.5, 0.6) is 5.75 Å². The van der Waals surface area contributed by atoms with Crippen LogP contribution in [-0.2, 0) is 11.3 Å². The highest BCUT2D eigenvalue weighted by Gasteiger charge is 2.19. The summed E-state index contributed by atoms with van der Waals surface area (Å²) < 4.78 is 51.8. The van der Waals surface area contributed by atoms with Gasteiger partial charge in [0.25, 0.3) is 5.91 Å². The van der Waals surface area contributed by atoms with Gasteiger partial charge in [0.1, 0.15) is 28.9 Å². The second-order valence-corrected chi connectivity index (χ2v) is 7.92. The van der Waals surface area contributed by atoms with E-state index in [9.17, 15) is 18.0 Å². The molecule has 1 amide bonds. The van der Waals surface area contributed by atoms with E-state index in [1.165, 1.54) is 18.2 Å². The molecule has 1 aliphatic heterocycles. The summed E-state index contributed by atoms with van der Waals surface area (Å²) >= 11 is 1.16. The van der Waals surface area contributed by atoms with Crippen LogP contribution in [0, 0.1) is 17.5 Å². The molecule has 1 aromatic heterocycles. The number of carbonyl (C=O) groups is 1. The van der Waals surface area contributed by atoms with Gasteiger partial charge >= 0.3 is 0 Å². The van der Waals surface area contributed by atoms with Gasteiger partial charge in [-0.15, -0.1) is 11.3 Å². The predicted molar refractivity (Wildman–Crippen MR) is 110 cm³/mol. The quantitative estimate of drug-likeness (QED) is 0.569. The maximum atomic E-state index is 14.6. The topological polar surface area (TPSA) is 60.5 Å². The van der Waals surface area contributed by atoms with Gasteiger partial charge in [-0.2, -0.15) is 0 Å². The molecule has 31 heavy (non-hydrogen) atoms. The minimum atomic E-state index is -0.970. The number of amides is 1. The van der Waals surface area contributed by atoms with Gasteiger partial charge < -0.3 is 14.8 Å². The van der Waals surface area contributed by atoms with Crippen molar-refractivity contribution in [2.75, 3.05) is 13.2 Å². The van der Waals surface area contributed by atoms with Crippen molar-refractivity contribution in [1.82, 2.24) is 10.3 Å². The average molecular weight is 448 g/mol. The number of nitrogens with one attached hydrogen (secondary N) is 1. The minimum Gasteiger partial charge on any atom is -0.489 e. The van der Waals surface area contributed by atoms with E-state index in [0.717, 1.165) is 36.3 Å². The SMILES string of the molecule is O=C(NCC1CCCO1)c1csc(-c2ccc(OCc3ccc(F)c(F)c3)cc2F)n1. The zero-order valence-electron chi connectivity index (χ0n) is 16.4. The van der Waals surface area contributed by atoms with Crippen LogP contribution in [0.15, 0.2) is 41.8 Å². The zero-order valence-corrected chi connectivity index (χ0v) is 17.2. The molecular weight excluding hydrogens is 429 g/mol. The Kier molecular flexibility index (Phi) is 6.53. The molecule has 5 nitrogen and oxygen atoms in total. The van der Waals surface area contributed by atoms with Crippen LogP contribution in [0.2, 0.25) is 0 Å². The number of carbonyl (C=O) groups excluding carboxylic acids is 1. The first-order chi connectivity index (χ1) is 15.0. The van der Waals surface area contributed by atoms with E-state index in [1.54, 1.807) is 11.4 Å². The molecule has 0 spiro atoms. The number of nitrogens with zero attached hydrogens (tertiary/aromatic N) is 1. The Labute approximate surface area is 180 Å². The molecule has 1 atom stereocenters. The van der Waals surface area contributed by atoms with Crippen LogP contribution < -0.4 is 10.1 Å². The lowest BCUT2D eigenvalue weighted by atomic mass is 10.2. The largest absolute Gasteiger partial charge is 0.489 e. The van der Waals surface area contributed by atoms with Gasteiger partial charge in [-0.25, -0.2) is 18.2 Å². The molecule has 1 aliphatic rings. The number of rotatable bonds is 7. The maximum absolute atomic E-state index is 14.6. The van der Waals surface area contributed by atoms with Crippen LogP contribution >= 0.6 is 11.3 Å². The van der Waals surface area contributed by atoms with Crippen molar-refractivity contribution in [3.05, 3.63) is 70.5 Å². The average Bonchev–Trinajstić information content (AvgIpc) is 3.45. The smallest absolute Gasteiger partial charge is 0.270 e. The van der Waals surface area contributed by atoms with Crippen LogP contribution in [-0.4, -0.2) is 30.1 Å². The summed E-state index contributed by atoms with van der Waals surface area (Å²) in [4.78, 5) is 16.5. The first kappa shape index (κ1) is 21.3. The zero-order chi connectivity index (χ0) is 21.8. The second-order valence-electron chi connectivity index (χ2n) is 7.06. The van der Waals surface area contributed by atoms with Gasteiger partial charge in [-0.05, 0) is 42.7 Å². The number of thiazole rings is 1. The molecule has 1 fully saturated rings. The van der Waals surface area contributed by atoms with Crippen molar-refractivity contribution in [2.45, 2.75) is 25.6 Å². The Hall–Kier alpha value is -2.91. The fourth-order valence-electron chi connectivity index (χ4n) is 3.16. The van der Waals surface area contributed by atoms with Crippen LogP contribution in [0.4, 0.5) is 13.2 Å². The van der Waals surface area contributed by atoms with Gasteiger partial charge in [-0.1, -0.05) is 6.07 Å². The monoisotopic (exact) mass is 448 g/mol. The third kappa shape index (κ3) is 5.23. The lowest BCUT2D eigenvalue weighted by molar-refractivity contribution is 0.0854. The summed E-state index contributed by atoms with van der Waals surface area (Å²) in [7, 11) is 0. The minimum absolute atomic E-state index is 0.0263. The standard InChI is InChI=1S/C22H19F3N2O3S/c23-17-6-3-13(8-19(17)25)11-30-14-4-5-16(18(24)9-14)22-27-20(12-31-22)21(28)26-10-15-2-1-7-29-15/h3-6,8-9,12,15H,1-2,7,10-11H2,(H,26,28). The van der Waals surface area contributed by atoms with Gasteiger partial charge in [0.2, 0.25) is 0 Å². The summed E-state index contributed by atoms with van der Waals surface area (Å²) in [5.74, 6) is -2.57. The Bertz CT molecular complexity index is 1080. The van der Waals surface area contributed by atoms with E-state index in [-0.39, 0.29) is 35.6 Å². The molecule has 0 radical (unpaired) electrons. The number of hydrogen-bond acceptors (Lipinski definition) is 5. The molecule has 2 heterocycles. The van der Waals surface area contributed by atoms with Crippen LogP contribution in [0.25, 0.3) is 10.6 Å². The lowest BCUT2D eigenvalue weighted by Gasteiger charge is -2.09. The molecule has 0 saturated carbocycles. The third-order valence-electron chi connectivity index (χ3n) is 4.81. The van der Waals surface area contributed by atoms with Crippen LogP contribution in [0.1, 0.15) is 28.9 Å². The maximum Gasteiger partial charge on any atom is 0.270 e. The van der Waals surface area contributed by atoms with E-state index in [1.807, 2.05) is 0 Å². The molecule has 162 valence electrons. The van der Waals surface area contributed by atoms with E-state index < -0.39 is 17.5 Å². The van der Waals surface area contributed by atoms with Gasteiger partial charge in [-0.3, -0.25) is 4.79 Å². The highest BCUT2D eigenvalue weighted by Crippen LogP contribution is 2.29. The third-order valence-corrected chi connectivity index (χ3v) is 5.69. The highest BCUT2D eigenvalue weighted by atomic mass is 32.1. The molecule has 0 bridgehead atoms. The van der Waals surface area contributed by atoms with Crippen molar-refractivity contribution >= 4 is 17.2 Å². The summed E-state index contributed by atoms with van der Waals surface area (Å²) in [6.45, 7) is 1.09. The summed E-state index contributed by atoms with van der Waals surface area (Å²) in [5.41, 5.74) is 0.876. The molecule has 0 aliphatic carbocycles. The first-order valence-electron chi connectivity index (χ1n) is 9.71. The van der Waals surface area contributed by atoms with Crippen molar-refractivity contribution in [2.24, 2.45) is 0 Å². The lowest BCUT2D eigenvalue weighted by Crippen LogP contribution is -2.31. The molecular formula is C22H19F3N2O3S. The number of aromatic nitrogens is 1. The molecule has 1 unspecified atom stereocenters.